The second kappa shape index (κ2) is 5.25. The molecule has 0 aromatic heterocycles. The average molecular weight is 229 g/mol. The molecule has 0 heterocycles. The third-order valence-electron chi connectivity index (χ3n) is 2.45. The summed E-state index contributed by atoms with van der Waals surface area (Å²) in [6.07, 6.45) is 0. The molecule has 2 aromatic rings. The molecule has 2 rings (SSSR count). The smallest absolute Gasteiger partial charge is 0.145 e. The van der Waals surface area contributed by atoms with Crippen LogP contribution in [0.2, 0.25) is 0 Å². The van der Waals surface area contributed by atoms with Crippen molar-refractivity contribution < 1.29 is 9.47 Å². The molecule has 0 radical (unpaired) electrons. The van der Waals surface area contributed by atoms with Gasteiger partial charge in [-0.05, 0) is 17.7 Å². The van der Waals surface area contributed by atoms with E-state index in [1.807, 2.05) is 36.4 Å². The first-order chi connectivity index (χ1) is 8.29. The Morgan fingerprint density at radius 1 is 1.06 bits per heavy atom. The van der Waals surface area contributed by atoms with Gasteiger partial charge in [0.1, 0.15) is 18.1 Å². The molecule has 88 valence electrons. The summed E-state index contributed by atoms with van der Waals surface area (Å²) in [6.45, 7) is 0.536. The Morgan fingerprint density at radius 3 is 2.53 bits per heavy atom. The predicted octanol–water partition coefficient (Wildman–Crippen LogP) is 2.86. The van der Waals surface area contributed by atoms with E-state index in [9.17, 15) is 0 Å². The SMILES string of the molecule is COc1cc(OCc2ccccc2)ccc1N. The van der Waals surface area contributed by atoms with Crippen LogP contribution in [0.5, 0.6) is 11.5 Å². The lowest BCUT2D eigenvalue weighted by Crippen LogP contribution is -1.97. The quantitative estimate of drug-likeness (QED) is 0.820. The molecule has 0 saturated carbocycles. The minimum atomic E-state index is 0.536. The van der Waals surface area contributed by atoms with Gasteiger partial charge in [0.15, 0.2) is 0 Å². The average Bonchev–Trinajstić information content (AvgIpc) is 2.39. The van der Waals surface area contributed by atoms with E-state index in [1.54, 1.807) is 19.2 Å². The van der Waals surface area contributed by atoms with Gasteiger partial charge in [0.05, 0.1) is 12.8 Å². The number of anilines is 1. The first-order valence-electron chi connectivity index (χ1n) is 5.40. The Labute approximate surface area is 101 Å². The lowest BCUT2D eigenvalue weighted by atomic mass is 10.2. The molecule has 0 amide bonds. The van der Waals surface area contributed by atoms with E-state index in [1.165, 1.54) is 0 Å². The van der Waals surface area contributed by atoms with Crippen LogP contribution in [0.1, 0.15) is 5.56 Å². The Morgan fingerprint density at radius 2 is 1.82 bits per heavy atom. The van der Waals surface area contributed by atoms with Crippen LogP contribution in [0.4, 0.5) is 5.69 Å². The van der Waals surface area contributed by atoms with Crippen LogP contribution in [0.3, 0.4) is 0 Å². The number of hydrogen-bond acceptors (Lipinski definition) is 3. The third kappa shape index (κ3) is 2.91. The fourth-order valence-electron chi connectivity index (χ4n) is 1.52. The number of nitrogen functional groups attached to an aromatic ring is 1. The summed E-state index contributed by atoms with van der Waals surface area (Å²) in [5, 5.41) is 0. The van der Waals surface area contributed by atoms with E-state index >= 15 is 0 Å². The summed E-state index contributed by atoms with van der Waals surface area (Å²) in [7, 11) is 1.59. The van der Waals surface area contributed by atoms with Crippen LogP contribution >= 0.6 is 0 Å². The molecule has 0 aliphatic rings. The summed E-state index contributed by atoms with van der Waals surface area (Å²) in [5.74, 6) is 1.38. The molecule has 0 unspecified atom stereocenters. The summed E-state index contributed by atoms with van der Waals surface area (Å²) in [6, 6.07) is 15.4. The molecular weight excluding hydrogens is 214 g/mol. The van der Waals surface area contributed by atoms with Crippen LogP contribution in [-0.2, 0) is 6.61 Å². The van der Waals surface area contributed by atoms with Crippen LogP contribution in [0, 0.1) is 0 Å². The fraction of sp³-hybridized carbons (Fsp3) is 0.143. The van der Waals surface area contributed by atoms with Gasteiger partial charge in [0.2, 0.25) is 0 Å². The van der Waals surface area contributed by atoms with Crippen molar-refractivity contribution in [1.82, 2.24) is 0 Å². The molecule has 0 saturated heterocycles. The minimum absolute atomic E-state index is 0.536. The summed E-state index contributed by atoms with van der Waals surface area (Å²) in [4.78, 5) is 0. The van der Waals surface area contributed by atoms with E-state index in [-0.39, 0.29) is 0 Å². The molecule has 3 heteroatoms. The van der Waals surface area contributed by atoms with Gasteiger partial charge < -0.3 is 15.2 Å². The Kier molecular flexibility index (Phi) is 3.50. The van der Waals surface area contributed by atoms with Gasteiger partial charge in [-0.1, -0.05) is 30.3 Å². The molecule has 2 N–H and O–H groups in total. The maximum absolute atomic E-state index is 5.73. The van der Waals surface area contributed by atoms with Gasteiger partial charge in [-0.15, -0.1) is 0 Å². The predicted molar refractivity (Wildman–Crippen MR) is 68.2 cm³/mol. The van der Waals surface area contributed by atoms with Crippen molar-refractivity contribution in [1.29, 1.82) is 0 Å². The molecule has 0 spiro atoms. The highest BCUT2D eigenvalue weighted by Gasteiger charge is 2.01. The van der Waals surface area contributed by atoms with Gasteiger partial charge in [-0.3, -0.25) is 0 Å². The van der Waals surface area contributed by atoms with E-state index in [4.69, 9.17) is 15.2 Å². The lowest BCUT2D eigenvalue weighted by molar-refractivity contribution is 0.304. The molecular formula is C14H15NO2. The monoisotopic (exact) mass is 229 g/mol. The number of benzene rings is 2. The maximum Gasteiger partial charge on any atom is 0.145 e. The molecule has 2 aromatic carbocycles. The van der Waals surface area contributed by atoms with Gasteiger partial charge in [-0.2, -0.15) is 0 Å². The van der Waals surface area contributed by atoms with Crippen molar-refractivity contribution in [2.75, 3.05) is 12.8 Å². The van der Waals surface area contributed by atoms with Crippen LogP contribution < -0.4 is 15.2 Å². The van der Waals surface area contributed by atoms with Crippen molar-refractivity contribution in [3.05, 3.63) is 54.1 Å². The zero-order valence-electron chi connectivity index (χ0n) is 9.72. The van der Waals surface area contributed by atoms with Gasteiger partial charge in [-0.25, -0.2) is 0 Å². The maximum atomic E-state index is 5.73. The number of rotatable bonds is 4. The molecule has 0 aliphatic heterocycles. The molecule has 0 aliphatic carbocycles. The van der Waals surface area contributed by atoms with Crippen molar-refractivity contribution in [2.45, 2.75) is 6.61 Å². The fourth-order valence-corrected chi connectivity index (χ4v) is 1.52. The summed E-state index contributed by atoms with van der Waals surface area (Å²) >= 11 is 0. The second-order valence-corrected chi connectivity index (χ2v) is 3.68. The first-order valence-corrected chi connectivity index (χ1v) is 5.40. The van der Waals surface area contributed by atoms with Crippen molar-refractivity contribution in [3.63, 3.8) is 0 Å². The first kappa shape index (κ1) is 11.3. The molecule has 17 heavy (non-hydrogen) atoms. The Balaban J connectivity index is 2.04. The normalized spacial score (nSPS) is 9.94. The standard InChI is InChI=1S/C14H15NO2/c1-16-14-9-12(7-8-13(14)15)17-10-11-5-3-2-4-6-11/h2-9H,10,15H2,1H3. The van der Waals surface area contributed by atoms with Crippen molar-refractivity contribution in [2.24, 2.45) is 0 Å². The molecule has 0 fully saturated rings. The van der Waals surface area contributed by atoms with Crippen molar-refractivity contribution in [3.8, 4) is 11.5 Å². The van der Waals surface area contributed by atoms with Crippen LogP contribution in [-0.4, -0.2) is 7.11 Å². The minimum Gasteiger partial charge on any atom is -0.494 e. The highest BCUT2D eigenvalue weighted by Crippen LogP contribution is 2.26. The zero-order valence-corrected chi connectivity index (χ0v) is 9.72. The summed E-state index contributed by atoms with van der Waals surface area (Å²) in [5.41, 5.74) is 7.47. The van der Waals surface area contributed by atoms with E-state index in [0.29, 0.717) is 18.0 Å². The van der Waals surface area contributed by atoms with Gasteiger partial charge in [0.25, 0.3) is 0 Å². The molecule has 3 nitrogen and oxygen atoms in total. The number of nitrogens with two attached hydrogens (primary N) is 1. The van der Waals surface area contributed by atoms with E-state index in [0.717, 1.165) is 11.3 Å². The van der Waals surface area contributed by atoms with Crippen LogP contribution in [0.25, 0.3) is 0 Å². The number of methoxy groups -OCH3 is 1. The third-order valence-corrected chi connectivity index (χ3v) is 2.45. The lowest BCUT2D eigenvalue weighted by Gasteiger charge is -2.09. The van der Waals surface area contributed by atoms with Crippen molar-refractivity contribution >= 4 is 5.69 Å². The second-order valence-electron chi connectivity index (χ2n) is 3.68. The number of hydrogen-bond donors (Lipinski definition) is 1. The molecule has 0 bridgehead atoms. The number of ether oxygens (including phenoxy) is 2. The van der Waals surface area contributed by atoms with Crippen LogP contribution in [0.15, 0.2) is 48.5 Å². The molecule has 0 atom stereocenters. The summed E-state index contributed by atoms with van der Waals surface area (Å²) < 4.78 is 10.8. The largest absolute Gasteiger partial charge is 0.494 e. The Bertz CT molecular complexity index is 483. The van der Waals surface area contributed by atoms with E-state index < -0.39 is 0 Å². The highest BCUT2D eigenvalue weighted by atomic mass is 16.5. The van der Waals surface area contributed by atoms with Gasteiger partial charge in [0, 0.05) is 6.07 Å². The van der Waals surface area contributed by atoms with Gasteiger partial charge >= 0.3 is 0 Å². The topological polar surface area (TPSA) is 44.5 Å². The highest BCUT2D eigenvalue weighted by molar-refractivity contribution is 5.55. The van der Waals surface area contributed by atoms with E-state index in [2.05, 4.69) is 0 Å². The zero-order chi connectivity index (χ0) is 12.1. The Hall–Kier alpha value is -2.16.